The van der Waals surface area contributed by atoms with Crippen molar-refractivity contribution < 1.29 is 19.4 Å². The van der Waals surface area contributed by atoms with Crippen LogP contribution in [0.4, 0.5) is 11.4 Å². The molecule has 2 aromatic carbocycles. The third-order valence-corrected chi connectivity index (χ3v) is 5.15. The summed E-state index contributed by atoms with van der Waals surface area (Å²) >= 11 is 0. The fourth-order valence-corrected chi connectivity index (χ4v) is 3.60. The Balaban J connectivity index is 1.47. The Morgan fingerprint density at radius 1 is 1.34 bits per heavy atom. The van der Waals surface area contributed by atoms with E-state index >= 15 is 0 Å². The molecule has 2 aliphatic heterocycles. The van der Waals surface area contributed by atoms with Crippen LogP contribution in [0.25, 0.3) is 0 Å². The number of rotatable bonds is 4. The van der Waals surface area contributed by atoms with Crippen LogP contribution in [0.15, 0.2) is 47.5 Å². The quantitative estimate of drug-likeness (QED) is 0.714. The van der Waals surface area contributed by atoms with Crippen molar-refractivity contribution in [3.63, 3.8) is 0 Å². The molecule has 0 radical (unpaired) electrons. The molecule has 1 saturated heterocycles. The molecule has 0 spiro atoms. The highest BCUT2D eigenvalue weighted by Crippen LogP contribution is 2.25. The normalized spacial score (nSPS) is 19.5. The van der Waals surface area contributed by atoms with Gasteiger partial charge in [-0.05, 0) is 42.3 Å². The van der Waals surface area contributed by atoms with Crippen LogP contribution in [-0.2, 0) is 20.9 Å². The molecule has 0 unspecified atom stereocenters. The number of aliphatic imine (C=N–C) groups is 1. The number of morpholine rings is 1. The molecular weight excluding hydrogens is 372 g/mol. The van der Waals surface area contributed by atoms with Crippen molar-refractivity contribution in [2.45, 2.75) is 25.7 Å². The first-order valence-electron chi connectivity index (χ1n) is 9.36. The highest BCUT2D eigenvalue weighted by Gasteiger charge is 2.39. The smallest absolute Gasteiger partial charge is 0.259 e. The maximum atomic E-state index is 12.9. The zero-order chi connectivity index (χ0) is 20.5. The number of para-hydroxylation sites is 1. The molecule has 2 aromatic rings. The minimum Gasteiger partial charge on any atom is -0.383 e. The van der Waals surface area contributed by atoms with Gasteiger partial charge in [-0.2, -0.15) is 0 Å². The van der Waals surface area contributed by atoms with Gasteiger partial charge in [0.15, 0.2) is 12.2 Å². The molecule has 0 bridgehead atoms. The molecule has 1 fully saturated rings. The summed E-state index contributed by atoms with van der Waals surface area (Å²) in [6.45, 7) is 2.94. The van der Waals surface area contributed by atoms with Crippen molar-refractivity contribution in [3.05, 3.63) is 59.2 Å². The maximum absolute atomic E-state index is 12.9. The highest BCUT2D eigenvalue weighted by atomic mass is 16.5. The summed E-state index contributed by atoms with van der Waals surface area (Å²) in [6.07, 6.45) is -2.90. The Morgan fingerprint density at radius 3 is 2.93 bits per heavy atom. The van der Waals surface area contributed by atoms with Gasteiger partial charge in [0.05, 0.1) is 13.2 Å². The van der Waals surface area contributed by atoms with Gasteiger partial charge < -0.3 is 25.8 Å². The van der Waals surface area contributed by atoms with Crippen molar-refractivity contribution in [2.75, 3.05) is 23.4 Å². The monoisotopic (exact) mass is 394 g/mol. The number of hydrogen-bond acceptors (Lipinski definition) is 6. The molecule has 8 nitrogen and oxygen atoms in total. The first-order valence-corrected chi connectivity index (χ1v) is 9.36. The van der Waals surface area contributed by atoms with Gasteiger partial charge in [-0.15, -0.1) is 0 Å². The van der Waals surface area contributed by atoms with Crippen molar-refractivity contribution in [1.29, 1.82) is 0 Å². The van der Waals surface area contributed by atoms with Gasteiger partial charge >= 0.3 is 0 Å². The predicted molar refractivity (Wildman–Crippen MR) is 109 cm³/mol. The lowest BCUT2D eigenvalue weighted by atomic mass is 10.1. The van der Waals surface area contributed by atoms with Gasteiger partial charge in [-0.25, -0.2) is 0 Å². The number of amides is 2. The van der Waals surface area contributed by atoms with Crippen LogP contribution in [0.5, 0.6) is 0 Å². The Labute approximate surface area is 168 Å². The number of hydrogen-bond donors (Lipinski definition) is 3. The number of anilines is 2. The number of nitrogens with zero attached hydrogens (tertiary/aromatic N) is 2. The number of fused-ring (bicyclic) bond motifs is 1. The molecule has 150 valence electrons. The van der Waals surface area contributed by atoms with Gasteiger partial charge in [-0.1, -0.05) is 18.2 Å². The minimum atomic E-state index is -1.64. The van der Waals surface area contributed by atoms with E-state index in [4.69, 9.17) is 10.5 Å². The number of carbonyl (C=O) groups excluding carboxylic acids is 2. The summed E-state index contributed by atoms with van der Waals surface area (Å²) in [5, 5.41) is 13.2. The average Bonchev–Trinajstić information content (AvgIpc) is 3.08. The molecule has 4 N–H and O–H groups in total. The molecular formula is C21H22N4O4. The molecule has 2 aliphatic rings. The van der Waals surface area contributed by atoms with Crippen LogP contribution >= 0.6 is 0 Å². The Hall–Kier alpha value is -3.23. The standard InChI is InChI=1S/C21H22N4O4/c1-12-4-2-3-5-16(12)25-8-9-29-18(21(25)28)17(26)20(27)24-14-6-7-15-13(10-14)11-23-19(15)22/h2-7,10,17-18,26H,8-9,11H2,1H3,(H2,22,23)(H,24,27)/t17-,18-/m1/s1. The van der Waals surface area contributed by atoms with Gasteiger partial charge in [0.25, 0.3) is 11.8 Å². The number of benzene rings is 2. The lowest BCUT2D eigenvalue weighted by molar-refractivity contribution is -0.150. The summed E-state index contributed by atoms with van der Waals surface area (Å²) in [7, 11) is 0. The minimum absolute atomic E-state index is 0.227. The number of nitrogens with two attached hydrogens (primary N) is 1. The van der Waals surface area contributed by atoms with E-state index in [2.05, 4.69) is 10.3 Å². The van der Waals surface area contributed by atoms with E-state index in [1.165, 1.54) is 0 Å². The molecule has 4 rings (SSSR count). The van der Waals surface area contributed by atoms with E-state index < -0.39 is 24.0 Å². The third kappa shape index (κ3) is 3.59. The van der Waals surface area contributed by atoms with Gasteiger partial charge in [0, 0.05) is 23.5 Å². The number of ether oxygens (including phenoxy) is 1. The van der Waals surface area contributed by atoms with Crippen LogP contribution in [0.1, 0.15) is 16.7 Å². The largest absolute Gasteiger partial charge is 0.383 e. The SMILES string of the molecule is Cc1ccccc1N1CCO[C@H]([C@@H](O)C(=O)Nc2ccc3c(c2)CN=C3N)C1=O. The second-order valence-electron chi connectivity index (χ2n) is 7.08. The lowest BCUT2D eigenvalue weighted by Crippen LogP contribution is -2.55. The van der Waals surface area contributed by atoms with Crippen LogP contribution < -0.4 is 16.0 Å². The first kappa shape index (κ1) is 19.1. The molecule has 0 aliphatic carbocycles. The lowest BCUT2D eigenvalue weighted by Gasteiger charge is -2.34. The fourth-order valence-electron chi connectivity index (χ4n) is 3.60. The zero-order valence-corrected chi connectivity index (χ0v) is 16.0. The molecule has 0 saturated carbocycles. The summed E-state index contributed by atoms with van der Waals surface area (Å²) in [5.41, 5.74) is 9.70. The summed E-state index contributed by atoms with van der Waals surface area (Å²) in [6, 6.07) is 12.7. The number of aliphatic hydroxyl groups excluding tert-OH is 1. The first-order chi connectivity index (χ1) is 14.0. The van der Waals surface area contributed by atoms with Gasteiger partial charge in [0.2, 0.25) is 0 Å². The Kier molecular flexibility index (Phi) is 5.04. The average molecular weight is 394 g/mol. The summed E-state index contributed by atoms with van der Waals surface area (Å²) in [4.78, 5) is 31.2. The molecule has 8 heteroatoms. The zero-order valence-electron chi connectivity index (χ0n) is 16.0. The van der Waals surface area contributed by atoms with E-state index in [9.17, 15) is 14.7 Å². The Morgan fingerprint density at radius 2 is 2.14 bits per heavy atom. The maximum Gasteiger partial charge on any atom is 0.259 e. The van der Waals surface area contributed by atoms with Gasteiger partial charge in [0.1, 0.15) is 5.84 Å². The number of amidine groups is 1. The number of nitrogens with one attached hydrogen (secondary N) is 1. The summed E-state index contributed by atoms with van der Waals surface area (Å²) in [5.74, 6) is -0.680. The van der Waals surface area contributed by atoms with Crippen molar-refractivity contribution in [1.82, 2.24) is 0 Å². The van der Waals surface area contributed by atoms with E-state index in [1.54, 1.807) is 23.1 Å². The van der Waals surface area contributed by atoms with Crippen molar-refractivity contribution in [3.8, 4) is 0 Å². The van der Waals surface area contributed by atoms with Crippen LogP contribution in [-0.4, -0.2) is 48.1 Å². The van der Waals surface area contributed by atoms with Crippen molar-refractivity contribution in [2.24, 2.45) is 10.7 Å². The topological polar surface area (TPSA) is 117 Å². The highest BCUT2D eigenvalue weighted by molar-refractivity contribution is 6.05. The summed E-state index contributed by atoms with van der Waals surface area (Å²) < 4.78 is 5.45. The van der Waals surface area contributed by atoms with E-state index in [0.29, 0.717) is 24.6 Å². The van der Waals surface area contributed by atoms with Crippen LogP contribution in [0.2, 0.25) is 0 Å². The van der Waals surface area contributed by atoms with E-state index in [0.717, 1.165) is 22.4 Å². The molecule has 29 heavy (non-hydrogen) atoms. The second-order valence-corrected chi connectivity index (χ2v) is 7.08. The van der Waals surface area contributed by atoms with E-state index in [-0.39, 0.29) is 6.61 Å². The third-order valence-electron chi connectivity index (χ3n) is 5.15. The number of aliphatic hydroxyl groups is 1. The van der Waals surface area contributed by atoms with Crippen molar-refractivity contribution >= 4 is 29.0 Å². The fraction of sp³-hybridized carbons (Fsp3) is 0.286. The molecule has 0 aromatic heterocycles. The predicted octanol–water partition coefficient (Wildman–Crippen LogP) is 0.945. The number of aryl methyl sites for hydroxylation is 1. The molecule has 2 heterocycles. The van der Waals surface area contributed by atoms with Crippen LogP contribution in [0, 0.1) is 6.92 Å². The molecule has 2 amide bonds. The van der Waals surface area contributed by atoms with E-state index in [1.807, 2.05) is 31.2 Å². The number of carbonyl (C=O) groups is 2. The Bertz CT molecular complexity index is 1000. The molecule has 2 atom stereocenters. The van der Waals surface area contributed by atoms with Gasteiger partial charge in [-0.3, -0.25) is 14.6 Å². The second kappa shape index (κ2) is 7.65. The van der Waals surface area contributed by atoms with Crippen LogP contribution in [0.3, 0.4) is 0 Å².